The zero-order valence-electron chi connectivity index (χ0n) is 12.8. The molecule has 1 atom stereocenters. The molecule has 2 rings (SSSR count). The third-order valence-electron chi connectivity index (χ3n) is 4.42. The summed E-state index contributed by atoms with van der Waals surface area (Å²) in [6.07, 6.45) is 4.87. The maximum Gasteiger partial charge on any atom is 0.118 e. The molecule has 3 heteroatoms. The second kappa shape index (κ2) is 7.65. The van der Waals surface area contributed by atoms with Gasteiger partial charge >= 0.3 is 0 Å². The molecule has 1 heterocycles. The summed E-state index contributed by atoms with van der Waals surface area (Å²) in [6, 6.07) is 8.81. The zero-order chi connectivity index (χ0) is 14.4. The van der Waals surface area contributed by atoms with Crippen LogP contribution in [0.1, 0.15) is 38.2 Å². The van der Waals surface area contributed by atoms with E-state index in [1.807, 2.05) is 12.1 Å². The van der Waals surface area contributed by atoms with Gasteiger partial charge in [0, 0.05) is 12.6 Å². The predicted molar refractivity (Wildman–Crippen MR) is 83.9 cm³/mol. The molecule has 1 fully saturated rings. The topological polar surface area (TPSA) is 38.5 Å². The second-order valence-electron chi connectivity index (χ2n) is 5.91. The number of rotatable bonds is 6. The van der Waals surface area contributed by atoms with Gasteiger partial charge in [-0.3, -0.25) is 4.90 Å². The molecule has 0 spiro atoms. The molecule has 1 aliphatic rings. The number of hydrogen-bond donors (Lipinski definition) is 1. The van der Waals surface area contributed by atoms with Crippen molar-refractivity contribution in [2.75, 3.05) is 20.2 Å². The third-order valence-corrected chi connectivity index (χ3v) is 4.42. The summed E-state index contributed by atoms with van der Waals surface area (Å²) in [5.74, 6) is 1.65. The number of ether oxygens (including phenoxy) is 1. The Labute approximate surface area is 123 Å². The Morgan fingerprint density at radius 1 is 1.25 bits per heavy atom. The molecule has 1 aliphatic heterocycles. The van der Waals surface area contributed by atoms with Crippen LogP contribution in [0.4, 0.5) is 0 Å². The molecule has 1 aromatic carbocycles. The quantitative estimate of drug-likeness (QED) is 0.868. The van der Waals surface area contributed by atoms with Crippen LogP contribution in [-0.2, 0) is 6.54 Å². The number of benzene rings is 1. The van der Waals surface area contributed by atoms with Crippen molar-refractivity contribution in [3.63, 3.8) is 0 Å². The van der Waals surface area contributed by atoms with Crippen LogP contribution in [0, 0.1) is 5.92 Å². The highest BCUT2D eigenvalue weighted by molar-refractivity contribution is 5.27. The average Bonchev–Trinajstić information content (AvgIpc) is 2.49. The largest absolute Gasteiger partial charge is 0.497 e. The molecule has 0 saturated carbocycles. The lowest BCUT2D eigenvalue weighted by Crippen LogP contribution is -2.40. The highest BCUT2D eigenvalue weighted by Gasteiger charge is 2.23. The summed E-state index contributed by atoms with van der Waals surface area (Å²) in [7, 11) is 1.71. The molecule has 1 saturated heterocycles. The number of methoxy groups -OCH3 is 1. The number of piperidine rings is 1. The predicted octanol–water partition coefficient (Wildman–Crippen LogP) is 3.03. The van der Waals surface area contributed by atoms with Crippen molar-refractivity contribution in [3.05, 3.63) is 29.8 Å². The Kier molecular flexibility index (Phi) is 5.86. The fourth-order valence-corrected chi connectivity index (χ4v) is 3.10. The van der Waals surface area contributed by atoms with Crippen LogP contribution < -0.4 is 10.5 Å². The summed E-state index contributed by atoms with van der Waals surface area (Å²) in [5.41, 5.74) is 7.62. The molecule has 3 nitrogen and oxygen atoms in total. The van der Waals surface area contributed by atoms with Gasteiger partial charge < -0.3 is 10.5 Å². The van der Waals surface area contributed by atoms with Gasteiger partial charge in [0.2, 0.25) is 0 Å². The average molecular weight is 276 g/mol. The van der Waals surface area contributed by atoms with E-state index in [4.69, 9.17) is 10.5 Å². The normalized spacial score (nSPS) is 18.9. The second-order valence-corrected chi connectivity index (χ2v) is 5.91. The number of nitrogens with two attached hydrogens (primary N) is 1. The summed E-state index contributed by atoms with van der Waals surface area (Å²) < 4.78 is 5.20. The van der Waals surface area contributed by atoms with Crippen LogP contribution in [0.3, 0.4) is 0 Å². The maximum absolute atomic E-state index is 6.26. The van der Waals surface area contributed by atoms with Gasteiger partial charge in [0.1, 0.15) is 5.75 Å². The fraction of sp³-hybridized carbons (Fsp3) is 0.647. The highest BCUT2D eigenvalue weighted by atomic mass is 16.5. The lowest BCUT2D eigenvalue weighted by molar-refractivity contribution is 0.159. The number of likely N-dealkylation sites (tertiary alicyclic amines) is 1. The summed E-state index contributed by atoms with van der Waals surface area (Å²) in [4.78, 5) is 2.54. The van der Waals surface area contributed by atoms with Crippen LogP contribution in [0.5, 0.6) is 5.75 Å². The molecule has 0 amide bonds. The van der Waals surface area contributed by atoms with Crippen molar-refractivity contribution in [2.24, 2.45) is 11.7 Å². The van der Waals surface area contributed by atoms with Crippen molar-refractivity contribution < 1.29 is 4.74 Å². The highest BCUT2D eigenvalue weighted by Crippen LogP contribution is 2.23. The molecule has 0 aromatic heterocycles. The first-order chi connectivity index (χ1) is 9.72. The maximum atomic E-state index is 6.26. The first-order valence-corrected chi connectivity index (χ1v) is 7.83. The van der Waals surface area contributed by atoms with Gasteiger partial charge in [-0.25, -0.2) is 0 Å². The van der Waals surface area contributed by atoms with Crippen molar-refractivity contribution in [2.45, 2.75) is 45.2 Å². The zero-order valence-corrected chi connectivity index (χ0v) is 12.8. The minimum Gasteiger partial charge on any atom is -0.497 e. The van der Waals surface area contributed by atoms with E-state index in [-0.39, 0.29) is 0 Å². The van der Waals surface area contributed by atoms with Gasteiger partial charge in [0.25, 0.3) is 0 Å². The molecular formula is C17H28N2O. The minimum atomic E-state index is 0.406. The minimum absolute atomic E-state index is 0.406. The van der Waals surface area contributed by atoms with Crippen molar-refractivity contribution >= 4 is 0 Å². The molecule has 0 aliphatic carbocycles. The van der Waals surface area contributed by atoms with E-state index in [2.05, 4.69) is 24.0 Å². The third kappa shape index (κ3) is 4.22. The molecule has 2 N–H and O–H groups in total. The monoisotopic (exact) mass is 276 g/mol. The van der Waals surface area contributed by atoms with Crippen molar-refractivity contribution in [3.8, 4) is 5.75 Å². The van der Waals surface area contributed by atoms with Crippen LogP contribution in [0.25, 0.3) is 0 Å². The smallest absolute Gasteiger partial charge is 0.118 e. The lowest BCUT2D eigenvalue weighted by atomic mass is 9.87. The SMILES string of the molecule is CCCC(N)C1CCN(Cc2ccc(OC)cc2)CC1. The molecule has 0 radical (unpaired) electrons. The van der Waals surface area contributed by atoms with E-state index in [1.165, 1.54) is 44.3 Å². The van der Waals surface area contributed by atoms with Crippen molar-refractivity contribution in [1.29, 1.82) is 0 Å². The fourth-order valence-electron chi connectivity index (χ4n) is 3.10. The summed E-state index contributed by atoms with van der Waals surface area (Å²) >= 11 is 0. The van der Waals surface area contributed by atoms with Gasteiger partial charge in [-0.05, 0) is 56.0 Å². The molecule has 0 bridgehead atoms. The Morgan fingerprint density at radius 3 is 2.45 bits per heavy atom. The Hall–Kier alpha value is -1.06. The molecule has 112 valence electrons. The van der Waals surface area contributed by atoms with Crippen LogP contribution >= 0.6 is 0 Å². The molecular weight excluding hydrogens is 248 g/mol. The molecule has 1 unspecified atom stereocenters. The van der Waals surface area contributed by atoms with E-state index in [0.29, 0.717) is 6.04 Å². The van der Waals surface area contributed by atoms with Crippen LogP contribution in [-0.4, -0.2) is 31.1 Å². The standard InChI is InChI=1S/C17H28N2O/c1-3-4-17(18)15-9-11-19(12-10-15)13-14-5-7-16(20-2)8-6-14/h5-8,15,17H,3-4,9-13,18H2,1-2H3. The molecule has 20 heavy (non-hydrogen) atoms. The number of hydrogen-bond acceptors (Lipinski definition) is 3. The first-order valence-electron chi connectivity index (χ1n) is 7.83. The van der Waals surface area contributed by atoms with Gasteiger partial charge in [0.05, 0.1) is 7.11 Å². The van der Waals surface area contributed by atoms with Gasteiger partial charge in [-0.15, -0.1) is 0 Å². The lowest BCUT2D eigenvalue weighted by Gasteiger charge is -2.34. The van der Waals surface area contributed by atoms with Gasteiger partial charge in [-0.1, -0.05) is 25.5 Å². The van der Waals surface area contributed by atoms with Gasteiger partial charge in [0.15, 0.2) is 0 Å². The van der Waals surface area contributed by atoms with Gasteiger partial charge in [-0.2, -0.15) is 0 Å². The number of nitrogens with zero attached hydrogens (tertiary/aromatic N) is 1. The first kappa shape index (κ1) is 15.3. The van der Waals surface area contributed by atoms with Crippen molar-refractivity contribution in [1.82, 2.24) is 4.90 Å². The van der Waals surface area contributed by atoms with E-state index >= 15 is 0 Å². The van der Waals surface area contributed by atoms with Crippen LogP contribution in [0.15, 0.2) is 24.3 Å². The summed E-state index contributed by atoms with van der Waals surface area (Å²) in [6.45, 7) is 5.61. The van der Waals surface area contributed by atoms with E-state index < -0.39 is 0 Å². The van der Waals surface area contributed by atoms with E-state index in [0.717, 1.165) is 18.2 Å². The Bertz CT molecular complexity index is 382. The van der Waals surface area contributed by atoms with E-state index in [9.17, 15) is 0 Å². The molecule has 1 aromatic rings. The summed E-state index contributed by atoms with van der Waals surface area (Å²) in [5, 5.41) is 0. The van der Waals surface area contributed by atoms with Crippen LogP contribution in [0.2, 0.25) is 0 Å². The Morgan fingerprint density at radius 2 is 1.90 bits per heavy atom. The Balaban J connectivity index is 1.78. The van der Waals surface area contributed by atoms with E-state index in [1.54, 1.807) is 7.11 Å².